The topological polar surface area (TPSA) is 44.8 Å². The minimum atomic E-state index is -2.71. The van der Waals surface area contributed by atoms with Gasteiger partial charge in [-0.05, 0) is 18.4 Å². The molecule has 0 bridgehead atoms. The first-order chi connectivity index (χ1) is 13.0. The second-order valence-corrected chi connectivity index (χ2v) is 7.90. The molecule has 0 aromatic heterocycles. The number of carbonyl (C=O) groups is 1. The smallest absolute Gasteiger partial charge is 0.262 e. The van der Waals surface area contributed by atoms with Crippen LogP contribution in [0.2, 0.25) is 0 Å². The van der Waals surface area contributed by atoms with E-state index in [0.29, 0.717) is 32.5 Å². The number of nitrogens with zero attached hydrogens (tertiary/aromatic N) is 2. The quantitative estimate of drug-likeness (QED) is 0.868. The Morgan fingerprint density at radius 3 is 2.67 bits per heavy atom. The van der Waals surface area contributed by atoms with Gasteiger partial charge < -0.3 is 10.1 Å². The van der Waals surface area contributed by atoms with Crippen molar-refractivity contribution >= 4 is 5.91 Å². The summed E-state index contributed by atoms with van der Waals surface area (Å²) in [5, 5.41) is 2.98. The molecular formula is C20H27F2N3O2. The van der Waals surface area contributed by atoms with Crippen LogP contribution in [0.25, 0.3) is 0 Å². The van der Waals surface area contributed by atoms with Gasteiger partial charge >= 0.3 is 0 Å². The van der Waals surface area contributed by atoms with E-state index < -0.39 is 5.92 Å². The van der Waals surface area contributed by atoms with E-state index >= 15 is 0 Å². The van der Waals surface area contributed by atoms with E-state index in [1.807, 2.05) is 35.2 Å². The van der Waals surface area contributed by atoms with Crippen LogP contribution in [0.15, 0.2) is 30.3 Å². The van der Waals surface area contributed by atoms with Gasteiger partial charge in [-0.3, -0.25) is 14.6 Å². The molecule has 2 unspecified atom stereocenters. The predicted octanol–water partition coefficient (Wildman–Crippen LogP) is 1.88. The summed E-state index contributed by atoms with van der Waals surface area (Å²) in [4.78, 5) is 16.4. The summed E-state index contributed by atoms with van der Waals surface area (Å²) in [5.41, 5.74) is 1.05. The molecule has 1 amide bonds. The van der Waals surface area contributed by atoms with Gasteiger partial charge in [0.25, 0.3) is 5.92 Å². The van der Waals surface area contributed by atoms with Crippen LogP contribution >= 0.6 is 0 Å². The number of amides is 1. The van der Waals surface area contributed by atoms with Gasteiger partial charge in [-0.25, -0.2) is 8.78 Å². The number of halogens is 2. The summed E-state index contributed by atoms with van der Waals surface area (Å²) in [6.07, 6.45) is 1.21. The Bertz CT molecular complexity index is 652. The molecule has 3 saturated heterocycles. The standard InChI is InChI=1S/C20H27F2N3O2/c21-20(22)13-17(10-15-4-2-1-3-5-15)25(14-20)18-11-16(12-19(26)23-18)24-6-8-27-9-7-24/h1-5,16-18H,6-14H2,(H,23,26)/t16?,17-,18?/m0/s1. The van der Waals surface area contributed by atoms with Gasteiger partial charge in [0.15, 0.2) is 0 Å². The minimum absolute atomic E-state index is 0.0450. The van der Waals surface area contributed by atoms with E-state index in [1.54, 1.807) is 0 Å². The highest BCUT2D eigenvalue weighted by Gasteiger charge is 2.49. The first-order valence-corrected chi connectivity index (χ1v) is 9.79. The molecule has 0 radical (unpaired) electrons. The molecule has 148 valence electrons. The molecule has 27 heavy (non-hydrogen) atoms. The van der Waals surface area contributed by atoms with E-state index in [-0.39, 0.29) is 37.1 Å². The zero-order valence-electron chi connectivity index (χ0n) is 15.4. The summed E-state index contributed by atoms with van der Waals surface area (Å²) >= 11 is 0. The number of hydrogen-bond donors (Lipinski definition) is 1. The third kappa shape index (κ3) is 4.47. The lowest BCUT2D eigenvalue weighted by Crippen LogP contribution is -2.59. The Balaban J connectivity index is 1.49. The fourth-order valence-corrected chi connectivity index (χ4v) is 4.66. The second kappa shape index (κ2) is 7.81. The van der Waals surface area contributed by atoms with Gasteiger partial charge in [0, 0.05) is 38.0 Å². The predicted molar refractivity (Wildman–Crippen MR) is 97.5 cm³/mol. The summed E-state index contributed by atoms with van der Waals surface area (Å²) in [5.74, 6) is -2.76. The van der Waals surface area contributed by atoms with Gasteiger partial charge in [0.1, 0.15) is 0 Å². The number of rotatable bonds is 4. The maximum Gasteiger partial charge on any atom is 0.262 e. The van der Waals surface area contributed by atoms with Crippen LogP contribution < -0.4 is 5.32 Å². The molecule has 4 rings (SSSR count). The van der Waals surface area contributed by atoms with Crippen LogP contribution in [0, 0.1) is 0 Å². The molecule has 1 aromatic carbocycles. The lowest BCUT2D eigenvalue weighted by atomic mass is 9.98. The Labute approximate surface area is 158 Å². The Morgan fingerprint density at radius 1 is 1.19 bits per heavy atom. The number of ether oxygens (including phenoxy) is 1. The number of hydrogen-bond acceptors (Lipinski definition) is 4. The highest BCUT2D eigenvalue weighted by atomic mass is 19.3. The summed E-state index contributed by atoms with van der Waals surface area (Å²) < 4.78 is 33.9. The van der Waals surface area contributed by atoms with Crippen molar-refractivity contribution in [2.24, 2.45) is 0 Å². The zero-order valence-corrected chi connectivity index (χ0v) is 15.4. The third-order valence-corrected chi connectivity index (χ3v) is 5.94. The van der Waals surface area contributed by atoms with Gasteiger partial charge in [-0.15, -0.1) is 0 Å². The van der Waals surface area contributed by atoms with Crippen molar-refractivity contribution in [3.63, 3.8) is 0 Å². The molecule has 0 spiro atoms. The number of likely N-dealkylation sites (tertiary alicyclic amines) is 1. The summed E-state index contributed by atoms with van der Waals surface area (Å²) in [6.45, 7) is 2.65. The van der Waals surface area contributed by atoms with E-state index in [9.17, 15) is 13.6 Å². The highest BCUT2D eigenvalue weighted by Crippen LogP contribution is 2.36. The number of nitrogens with one attached hydrogen (secondary N) is 1. The van der Waals surface area contributed by atoms with E-state index in [0.717, 1.165) is 18.7 Å². The average molecular weight is 379 g/mol. The first kappa shape index (κ1) is 18.8. The van der Waals surface area contributed by atoms with E-state index in [2.05, 4.69) is 10.2 Å². The lowest BCUT2D eigenvalue weighted by Gasteiger charge is -2.43. The fourth-order valence-electron chi connectivity index (χ4n) is 4.66. The second-order valence-electron chi connectivity index (χ2n) is 7.90. The Morgan fingerprint density at radius 2 is 1.93 bits per heavy atom. The van der Waals surface area contributed by atoms with Crippen LogP contribution in [0.3, 0.4) is 0 Å². The van der Waals surface area contributed by atoms with E-state index in [4.69, 9.17) is 4.74 Å². The molecule has 0 aliphatic carbocycles. The molecule has 1 aromatic rings. The van der Waals surface area contributed by atoms with Gasteiger partial charge in [0.2, 0.25) is 5.91 Å². The molecule has 3 fully saturated rings. The van der Waals surface area contributed by atoms with Crippen LogP contribution in [-0.2, 0) is 16.0 Å². The van der Waals surface area contributed by atoms with Crippen LogP contribution in [0.1, 0.15) is 24.8 Å². The molecule has 3 heterocycles. The summed E-state index contributed by atoms with van der Waals surface area (Å²) in [6, 6.07) is 9.58. The molecule has 3 aliphatic rings. The average Bonchev–Trinajstić information content (AvgIpc) is 2.97. The number of piperidine rings is 1. The van der Waals surface area contributed by atoms with Crippen molar-refractivity contribution in [1.82, 2.24) is 15.1 Å². The van der Waals surface area contributed by atoms with E-state index in [1.165, 1.54) is 0 Å². The van der Waals surface area contributed by atoms with Crippen molar-refractivity contribution in [1.29, 1.82) is 0 Å². The van der Waals surface area contributed by atoms with Crippen LogP contribution in [0.4, 0.5) is 8.78 Å². The van der Waals surface area contributed by atoms with Crippen molar-refractivity contribution in [2.75, 3.05) is 32.8 Å². The number of carbonyl (C=O) groups excluding carboxylic acids is 1. The molecule has 1 N–H and O–H groups in total. The van der Waals surface area contributed by atoms with Crippen molar-refractivity contribution < 1.29 is 18.3 Å². The third-order valence-electron chi connectivity index (χ3n) is 5.94. The molecular weight excluding hydrogens is 352 g/mol. The lowest BCUT2D eigenvalue weighted by molar-refractivity contribution is -0.129. The van der Waals surface area contributed by atoms with Gasteiger partial charge in [-0.1, -0.05) is 30.3 Å². The van der Waals surface area contributed by atoms with Crippen molar-refractivity contribution in [3.8, 4) is 0 Å². The molecule has 3 aliphatic heterocycles. The Hall–Kier alpha value is -1.57. The van der Waals surface area contributed by atoms with Crippen molar-refractivity contribution in [2.45, 2.75) is 49.9 Å². The maximum atomic E-state index is 14.3. The van der Waals surface area contributed by atoms with Gasteiger partial charge in [-0.2, -0.15) is 0 Å². The number of alkyl halides is 2. The number of benzene rings is 1. The van der Waals surface area contributed by atoms with Gasteiger partial charge in [0.05, 0.1) is 25.9 Å². The monoisotopic (exact) mass is 379 g/mol. The van der Waals surface area contributed by atoms with Crippen molar-refractivity contribution in [3.05, 3.63) is 35.9 Å². The minimum Gasteiger partial charge on any atom is -0.379 e. The number of morpholine rings is 1. The summed E-state index contributed by atoms with van der Waals surface area (Å²) in [7, 11) is 0. The van der Waals surface area contributed by atoms with Crippen LogP contribution in [-0.4, -0.2) is 72.7 Å². The first-order valence-electron chi connectivity index (χ1n) is 9.79. The molecule has 0 saturated carbocycles. The fraction of sp³-hybridized carbons (Fsp3) is 0.650. The molecule has 5 nitrogen and oxygen atoms in total. The normalized spacial score (nSPS) is 32.4. The zero-order chi connectivity index (χ0) is 18.9. The largest absolute Gasteiger partial charge is 0.379 e. The Kier molecular flexibility index (Phi) is 5.43. The molecule has 3 atom stereocenters. The van der Waals surface area contributed by atoms with Crippen LogP contribution in [0.5, 0.6) is 0 Å². The molecule has 7 heteroatoms. The highest BCUT2D eigenvalue weighted by molar-refractivity contribution is 5.77. The maximum absolute atomic E-state index is 14.3. The SMILES string of the molecule is O=C1CC(N2CCOCC2)CC(N2CC(F)(F)C[C@@H]2Cc2ccccc2)N1.